The van der Waals surface area contributed by atoms with E-state index < -0.39 is 17.4 Å². The first kappa shape index (κ1) is 19.9. The molecular formula is C18H28N2O4. The van der Waals surface area contributed by atoms with Crippen molar-refractivity contribution < 1.29 is 14.3 Å². The predicted octanol–water partition coefficient (Wildman–Crippen LogP) is 2.41. The number of carbonyl (C=O) groups is 2. The molecule has 134 valence electrons. The molecule has 0 saturated heterocycles. The minimum Gasteiger partial charge on any atom is -0.464 e. The number of carbonyl (C=O) groups excluding carboxylic acids is 2. The summed E-state index contributed by atoms with van der Waals surface area (Å²) in [5.41, 5.74) is -1.13. The molecule has 24 heavy (non-hydrogen) atoms. The van der Waals surface area contributed by atoms with E-state index in [1.54, 1.807) is 27.0 Å². The topological polar surface area (TPSA) is 77.4 Å². The Balaban J connectivity index is 2.89. The number of ether oxygens (including phenoxy) is 1. The number of amides is 1. The van der Waals surface area contributed by atoms with E-state index in [-0.39, 0.29) is 17.7 Å². The Morgan fingerprint density at radius 3 is 2.54 bits per heavy atom. The third-order valence-corrected chi connectivity index (χ3v) is 4.01. The van der Waals surface area contributed by atoms with Crippen molar-refractivity contribution in [3.63, 3.8) is 0 Å². The minimum absolute atomic E-state index is 0.238. The molecule has 0 fully saturated rings. The lowest BCUT2D eigenvalue weighted by Gasteiger charge is -2.28. The molecule has 0 spiro atoms. The normalized spacial score (nSPS) is 13.2. The number of hydrogen-bond acceptors (Lipinski definition) is 4. The molecule has 6 heteroatoms. The average Bonchev–Trinajstić information content (AvgIpc) is 2.54. The zero-order valence-corrected chi connectivity index (χ0v) is 15.1. The van der Waals surface area contributed by atoms with Crippen molar-refractivity contribution in [1.29, 1.82) is 0 Å². The minimum atomic E-state index is -1.10. The third kappa shape index (κ3) is 5.51. The zero-order chi connectivity index (χ0) is 18.2. The second kappa shape index (κ2) is 9.25. The van der Waals surface area contributed by atoms with Gasteiger partial charge in [0, 0.05) is 24.9 Å². The van der Waals surface area contributed by atoms with Gasteiger partial charge in [0.25, 0.3) is 11.5 Å². The largest absolute Gasteiger partial charge is 0.464 e. The van der Waals surface area contributed by atoms with Crippen molar-refractivity contribution in [2.45, 2.75) is 58.4 Å². The van der Waals surface area contributed by atoms with Crippen LogP contribution in [0.4, 0.5) is 0 Å². The van der Waals surface area contributed by atoms with Crippen LogP contribution in [0.5, 0.6) is 0 Å². The maximum atomic E-state index is 12.5. The fraction of sp³-hybridized carbons (Fsp3) is 0.611. The Hall–Kier alpha value is -2.11. The van der Waals surface area contributed by atoms with Crippen molar-refractivity contribution >= 4 is 11.9 Å². The van der Waals surface area contributed by atoms with Gasteiger partial charge < -0.3 is 14.6 Å². The van der Waals surface area contributed by atoms with Gasteiger partial charge in [0.1, 0.15) is 5.54 Å². The SMILES string of the molecule is CCCCCC[C@@](C)(NC(=O)c1ccn(C)c(=O)c1)C(=O)OCC. The van der Waals surface area contributed by atoms with Crippen LogP contribution >= 0.6 is 0 Å². The number of nitrogens with one attached hydrogen (secondary N) is 1. The molecule has 0 bridgehead atoms. The average molecular weight is 336 g/mol. The highest BCUT2D eigenvalue weighted by atomic mass is 16.5. The number of aromatic nitrogens is 1. The van der Waals surface area contributed by atoms with E-state index in [9.17, 15) is 14.4 Å². The van der Waals surface area contributed by atoms with Gasteiger partial charge in [-0.15, -0.1) is 0 Å². The Bertz CT molecular complexity index is 624. The molecular weight excluding hydrogens is 308 g/mol. The van der Waals surface area contributed by atoms with Gasteiger partial charge in [-0.25, -0.2) is 4.79 Å². The molecule has 1 heterocycles. The van der Waals surface area contributed by atoms with Crippen molar-refractivity contribution in [3.8, 4) is 0 Å². The van der Waals surface area contributed by atoms with Gasteiger partial charge in [-0.1, -0.05) is 32.6 Å². The van der Waals surface area contributed by atoms with E-state index in [2.05, 4.69) is 12.2 Å². The summed E-state index contributed by atoms with van der Waals surface area (Å²) in [6.45, 7) is 5.78. The third-order valence-electron chi connectivity index (χ3n) is 4.01. The van der Waals surface area contributed by atoms with E-state index in [4.69, 9.17) is 4.74 Å². The quantitative estimate of drug-likeness (QED) is 0.555. The van der Waals surface area contributed by atoms with Gasteiger partial charge in [-0.05, 0) is 26.3 Å². The highest BCUT2D eigenvalue weighted by Gasteiger charge is 2.36. The van der Waals surface area contributed by atoms with Gasteiger partial charge in [-0.2, -0.15) is 0 Å². The second-order valence-electron chi connectivity index (χ2n) is 6.18. The Morgan fingerprint density at radius 2 is 1.96 bits per heavy atom. The van der Waals surface area contributed by atoms with Gasteiger partial charge in [0.2, 0.25) is 0 Å². The van der Waals surface area contributed by atoms with E-state index in [1.807, 2.05) is 0 Å². The summed E-state index contributed by atoms with van der Waals surface area (Å²) in [5.74, 6) is -0.891. The summed E-state index contributed by atoms with van der Waals surface area (Å²) in [4.78, 5) is 36.4. The van der Waals surface area contributed by atoms with E-state index in [0.717, 1.165) is 25.7 Å². The summed E-state index contributed by atoms with van der Waals surface area (Å²) >= 11 is 0. The van der Waals surface area contributed by atoms with Gasteiger partial charge >= 0.3 is 5.97 Å². The summed E-state index contributed by atoms with van der Waals surface area (Å²) in [7, 11) is 1.61. The molecule has 0 aromatic carbocycles. The number of aryl methyl sites for hydroxylation is 1. The van der Waals surface area contributed by atoms with E-state index in [1.165, 1.54) is 16.8 Å². The number of esters is 1. The highest BCUT2D eigenvalue weighted by Crippen LogP contribution is 2.18. The first-order valence-corrected chi connectivity index (χ1v) is 8.50. The Kier molecular flexibility index (Phi) is 7.68. The molecule has 0 saturated carbocycles. The lowest BCUT2D eigenvalue weighted by molar-refractivity contribution is -0.150. The zero-order valence-electron chi connectivity index (χ0n) is 15.1. The number of hydrogen-bond donors (Lipinski definition) is 1. The molecule has 1 N–H and O–H groups in total. The van der Waals surface area contributed by atoms with Crippen molar-refractivity contribution in [3.05, 3.63) is 34.2 Å². The van der Waals surface area contributed by atoms with Crippen LogP contribution in [0, 0.1) is 0 Å². The fourth-order valence-electron chi connectivity index (χ4n) is 2.42. The van der Waals surface area contributed by atoms with Gasteiger partial charge in [-0.3, -0.25) is 9.59 Å². The smallest absolute Gasteiger partial charge is 0.331 e. The Morgan fingerprint density at radius 1 is 1.25 bits per heavy atom. The second-order valence-corrected chi connectivity index (χ2v) is 6.18. The maximum Gasteiger partial charge on any atom is 0.331 e. The highest BCUT2D eigenvalue weighted by molar-refractivity contribution is 5.97. The number of unbranched alkanes of at least 4 members (excludes halogenated alkanes) is 3. The summed E-state index contributed by atoms with van der Waals surface area (Å²) in [6, 6.07) is 2.82. The predicted molar refractivity (Wildman–Crippen MR) is 92.9 cm³/mol. The molecule has 6 nitrogen and oxygen atoms in total. The number of pyridine rings is 1. The summed E-state index contributed by atoms with van der Waals surface area (Å²) < 4.78 is 6.51. The molecule has 0 radical (unpaired) electrons. The van der Waals surface area contributed by atoms with Crippen LogP contribution in [0.25, 0.3) is 0 Å². The summed E-state index contributed by atoms with van der Waals surface area (Å²) in [6.07, 6.45) is 6.02. The van der Waals surface area contributed by atoms with Crippen LogP contribution < -0.4 is 10.9 Å². The first-order chi connectivity index (χ1) is 11.3. The molecule has 1 aromatic heterocycles. The van der Waals surface area contributed by atoms with Gasteiger partial charge in [0.15, 0.2) is 0 Å². The lowest BCUT2D eigenvalue weighted by Crippen LogP contribution is -2.53. The molecule has 1 atom stereocenters. The van der Waals surface area contributed by atoms with Crippen molar-refractivity contribution in [1.82, 2.24) is 9.88 Å². The van der Waals surface area contributed by atoms with Crippen molar-refractivity contribution in [2.75, 3.05) is 6.61 Å². The van der Waals surface area contributed by atoms with E-state index in [0.29, 0.717) is 6.42 Å². The van der Waals surface area contributed by atoms with Crippen LogP contribution in [0.1, 0.15) is 63.2 Å². The molecule has 0 unspecified atom stereocenters. The number of nitrogens with zero attached hydrogens (tertiary/aromatic N) is 1. The molecule has 0 aliphatic rings. The molecule has 1 aromatic rings. The van der Waals surface area contributed by atoms with Crippen LogP contribution in [0.3, 0.4) is 0 Å². The fourth-order valence-corrected chi connectivity index (χ4v) is 2.42. The van der Waals surface area contributed by atoms with Gasteiger partial charge in [0.05, 0.1) is 6.61 Å². The summed E-state index contributed by atoms with van der Waals surface area (Å²) in [5, 5.41) is 2.76. The monoisotopic (exact) mass is 336 g/mol. The molecule has 1 rings (SSSR count). The molecule has 0 aliphatic carbocycles. The first-order valence-electron chi connectivity index (χ1n) is 8.50. The van der Waals surface area contributed by atoms with Crippen molar-refractivity contribution in [2.24, 2.45) is 7.05 Å². The van der Waals surface area contributed by atoms with Crippen LogP contribution in [-0.2, 0) is 16.6 Å². The molecule has 1 amide bonds. The maximum absolute atomic E-state index is 12.5. The van der Waals surface area contributed by atoms with Crippen LogP contribution in [0.2, 0.25) is 0 Å². The molecule has 0 aliphatic heterocycles. The van der Waals surface area contributed by atoms with Crippen LogP contribution in [0.15, 0.2) is 23.1 Å². The van der Waals surface area contributed by atoms with E-state index >= 15 is 0 Å². The van der Waals surface area contributed by atoms with Crippen LogP contribution in [-0.4, -0.2) is 28.6 Å². The standard InChI is InChI=1S/C18H28N2O4/c1-5-7-8-9-11-18(3,17(23)24-6-2)19-16(22)14-10-12-20(4)15(21)13-14/h10,12-13H,5-9,11H2,1-4H3,(H,19,22)/t18-/m1/s1. The number of rotatable bonds is 9. The Labute approximate surface area is 143 Å². The lowest BCUT2D eigenvalue weighted by atomic mass is 9.93.